The van der Waals surface area contributed by atoms with Crippen molar-refractivity contribution in [2.24, 2.45) is 0 Å². The van der Waals surface area contributed by atoms with Crippen molar-refractivity contribution in [3.8, 4) is 12.1 Å². The van der Waals surface area contributed by atoms with E-state index in [1.54, 1.807) is 0 Å². The van der Waals surface area contributed by atoms with Gasteiger partial charge in [0.25, 0.3) is 0 Å². The number of H-pyrrole nitrogens is 1. The topological polar surface area (TPSA) is 142 Å². The Hall–Kier alpha value is -4.39. The molecule has 2 aromatic carbocycles. The summed E-state index contributed by atoms with van der Waals surface area (Å²) in [6.07, 6.45) is -6.04. The first-order valence-corrected chi connectivity index (χ1v) is 10.2. The second-order valence-corrected chi connectivity index (χ2v) is 7.75. The van der Waals surface area contributed by atoms with E-state index in [0.717, 1.165) is 16.7 Å². The quantitative estimate of drug-likeness (QED) is 0.519. The van der Waals surface area contributed by atoms with E-state index in [1.165, 1.54) is 42.2 Å². The van der Waals surface area contributed by atoms with Gasteiger partial charge in [-0.2, -0.15) is 23.7 Å². The van der Waals surface area contributed by atoms with Gasteiger partial charge in [-0.3, -0.25) is 4.90 Å². The van der Waals surface area contributed by atoms with Crippen LogP contribution in [0.15, 0.2) is 58.5 Å². The third kappa shape index (κ3) is 3.95. The molecule has 1 aliphatic heterocycles. The van der Waals surface area contributed by atoms with Crippen LogP contribution in [0.2, 0.25) is 0 Å². The normalized spacial score (nSPS) is 16.5. The van der Waals surface area contributed by atoms with Crippen LogP contribution in [0.3, 0.4) is 0 Å². The van der Waals surface area contributed by atoms with Crippen LogP contribution in [0, 0.1) is 22.7 Å². The fourth-order valence-electron chi connectivity index (χ4n) is 4.13. The Kier molecular flexibility index (Phi) is 5.94. The third-order valence-corrected chi connectivity index (χ3v) is 5.74. The minimum atomic E-state index is -4.62. The average Bonchev–Trinajstić information content (AvgIpc) is 3.22. The fraction of sp³-hybridized carbons (Fsp3) is 0.217. The monoisotopic (exact) mass is 482 g/mol. The molecule has 1 aromatic heterocycles. The predicted molar refractivity (Wildman–Crippen MR) is 116 cm³/mol. The molecule has 3 aromatic rings. The highest BCUT2D eigenvalue weighted by Crippen LogP contribution is 2.43. The summed E-state index contributed by atoms with van der Waals surface area (Å²) >= 11 is 0. The van der Waals surface area contributed by atoms with Crippen LogP contribution in [0.4, 0.5) is 24.8 Å². The highest BCUT2D eigenvalue weighted by Gasteiger charge is 2.38. The Morgan fingerprint density at radius 2 is 1.94 bits per heavy atom. The highest BCUT2D eigenvalue weighted by molar-refractivity contribution is 5.69. The first kappa shape index (κ1) is 23.8. The number of nitrogens with zero attached hydrogens (tertiary/aromatic N) is 5. The molecule has 3 N–H and O–H groups in total. The maximum Gasteiger partial charge on any atom is 0.416 e. The van der Waals surface area contributed by atoms with Gasteiger partial charge < -0.3 is 10.2 Å². The summed E-state index contributed by atoms with van der Waals surface area (Å²) in [6.45, 7) is 0.808. The number of hydrogen-bond donors (Lipinski definition) is 3. The van der Waals surface area contributed by atoms with Gasteiger partial charge in [-0.15, -0.1) is 5.10 Å². The molecule has 178 valence electrons. The molecule has 0 saturated heterocycles. The van der Waals surface area contributed by atoms with Gasteiger partial charge in [0.15, 0.2) is 0 Å². The molecule has 1 aliphatic rings. The van der Waals surface area contributed by atoms with Gasteiger partial charge in [0.1, 0.15) is 12.1 Å². The minimum absolute atomic E-state index is 0.00508. The third-order valence-electron chi connectivity index (χ3n) is 5.74. The number of allylic oxidation sites excluding steroid dienone is 2. The molecule has 1 unspecified atom stereocenters. The molecule has 0 saturated carbocycles. The Balaban J connectivity index is 2.00. The van der Waals surface area contributed by atoms with Gasteiger partial charge in [-0.05, 0) is 48.4 Å². The summed E-state index contributed by atoms with van der Waals surface area (Å²) in [5.41, 5.74) is -0.912. The summed E-state index contributed by atoms with van der Waals surface area (Å²) in [6, 6.07) is 11.4. The Labute approximate surface area is 196 Å². The number of anilines is 2. The van der Waals surface area contributed by atoms with Crippen LogP contribution < -0.4 is 10.6 Å². The number of fused-ring (bicyclic) bond motifs is 1. The molecule has 4 rings (SSSR count). The lowest BCUT2D eigenvalue weighted by Gasteiger charge is -2.35. The SMILES string of the molecule is CC1=C(C#N)[C@@H](c2ccc(C#N)cc2C(O)CO)n2c(n[nH]c2=O)N1c1cccc(C(F)(F)F)c1. The van der Waals surface area contributed by atoms with E-state index in [4.69, 9.17) is 0 Å². The van der Waals surface area contributed by atoms with Gasteiger partial charge in [0.05, 0.1) is 35.4 Å². The van der Waals surface area contributed by atoms with Crippen molar-refractivity contribution in [3.63, 3.8) is 0 Å². The largest absolute Gasteiger partial charge is 0.416 e. The lowest BCUT2D eigenvalue weighted by Crippen LogP contribution is -2.35. The zero-order chi connectivity index (χ0) is 25.5. The van der Waals surface area contributed by atoms with Crippen molar-refractivity contribution in [1.82, 2.24) is 14.8 Å². The molecule has 0 bridgehead atoms. The van der Waals surface area contributed by atoms with Crippen LogP contribution in [0.1, 0.15) is 41.3 Å². The number of aliphatic hydroxyl groups is 2. The van der Waals surface area contributed by atoms with E-state index in [1.807, 2.05) is 12.1 Å². The predicted octanol–water partition coefficient (Wildman–Crippen LogP) is 3.03. The average molecular weight is 482 g/mol. The molecule has 2 atom stereocenters. The Morgan fingerprint density at radius 3 is 2.57 bits per heavy atom. The number of aromatic nitrogens is 3. The zero-order valence-electron chi connectivity index (χ0n) is 18.1. The number of aliphatic hydroxyl groups excluding tert-OH is 2. The van der Waals surface area contributed by atoms with Crippen LogP contribution in [-0.4, -0.2) is 31.6 Å². The molecular formula is C23H17F3N6O3. The summed E-state index contributed by atoms with van der Waals surface area (Å²) in [5, 5.41) is 45.5. The van der Waals surface area contributed by atoms with Crippen molar-refractivity contribution in [3.05, 3.63) is 86.5 Å². The van der Waals surface area contributed by atoms with Crippen molar-refractivity contribution in [2.45, 2.75) is 25.2 Å². The first-order chi connectivity index (χ1) is 16.6. The molecule has 0 radical (unpaired) electrons. The summed E-state index contributed by atoms with van der Waals surface area (Å²) < 4.78 is 41.1. The van der Waals surface area contributed by atoms with E-state index < -0.39 is 36.2 Å². The highest BCUT2D eigenvalue weighted by atomic mass is 19.4. The van der Waals surface area contributed by atoms with E-state index in [0.29, 0.717) is 0 Å². The summed E-state index contributed by atoms with van der Waals surface area (Å²) in [5.74, 6) is -0.0791. The summed E-state index contributed by atoms with van der Waals surface area (Å²) in [7, 11) is 0. The summed E-state index contributed by atoms with van der Waals surface area (Å²) in [4.78, 5) is 14.1. The first-order valence-electron chi connectivity index (χ1n) is 10.2. The van der Waals surface area contributed by atoms with Crippen LogP contribution in [-0.2, 0) is 6.18 Å². The number of alkyl halides is 3. The van der Waals surface area contributed by atoms with Gasteiger partial charge in [0, 0.05) is 11.4 Å². The van der Waals surface area contributed by atoms with E-state index >= 15 is 0 Å². The molecule has 0 amide bonds. The van der Waals surface area contributed by atoms with E-state index in [2.05, 4.69) is 10.2 Å². The standard InChI is InChI=1S/C23H17F3N6O3/c1-12-18(10-28)20(16-6-5-13(9-27)7-17(16)19(34)11-33)32-21(29-30-22(32)35)31(12)15-4-2-3-14(8-15)23(24,25)26/h2-8,19-20,33-34H,11H2,1H3,(H,30,35)/t19?,20-/m1/s1. The van der Waals surface area contributed by atoms with Gasteiger partial charge >= 0.3 is 11.9 Å². The maximum atomic E-state index is 13.3. The van der Waals surface area contributed by atoms with Crippen molar-refractivity contribution >= 4 is 11.6 Å². The molecule has 9 nitrogen and oxygen atoms in total. The number of rotatable bonds is 4. The molecule has 0 fully saturated rings. The number of hydrogen-bond acceptors (Lipinski definition) is 7. The lowest BCUT2D eigenvalue weighted by molar-refractivity contribution is -0.137. The number of aromatic amines is 1. The Bertz CT molecular complexity index is 1480. The van der Waals surface area contributed by atoms with E-state index in [9.17, 15) is 38.7 Å². The van der Waals surface area contributed by atoms with Crippen molar-refractivity contribution in [2.75, 3.05) is 11.5 Å². The number of nitrogens with one attached hydrogen (secondary N) is 1. The molecule has 12 heteroatoms. The molecule has 0 spiro atoms. The van der Waals surface area contributed by atoms with Gasteiger partial charge in [0.2, 0.25) is 5.95 Å². The van der Waals surface area contributed by atoms with Crippen LogP contribution >= 0.6 is 0 Å². The number of benzene rings is 2. The second kappa shape index (κ2) is 8.76. The van der Waals surface area contributed by atoms with Crippen molar-refractivity contribution in [1.29, 1.82) is 10.5 Å². The number of halogens is 3. The van der Waals surface area contributed by atoms with Crippen LogP contribution in [0.25, 0.3) is 0 Å². The second-order valence-electron chi connectivity index (χ2n) is 7.75. The molecule has 2 heterocycles. The van der Waals surface area contributed by atoms with Gasteiger partial charge in [-0.1, -0.05) is 12.1 Å². The fourth-order valence-corrected chi connectivity index (χ4v) is 4.13. The lowest BCUT2D eigenvalue weighted by atomic mass is 9.89. The number of nitriles is 2. The van der Waals surface area contributed by atoms with Gasteiger partial charge in [-0.25, -0.2) is 14.5 Å². The van der Waals surface area contributed by atoms with Crippen LogP contribution in [0.5, 0.6) is 0 Å². The van der Waals surface area contributed by atoms with Crippen molar-refractivity contribution < 1.29 is 23.4 Å². The molecule has 35 heavy (non-hydrogen) atoms. The zero-order valence-corrected chi connectivity index (χ0v) is 18.1. The molecular weight excluding hydrogens is 465 g/mol. The molecule has 0 aliphatic carbocycles. The minimum Gasteiger partial charge on any atom is -0.393 e. The Morgan fingerprint density at radius 1 is 1.20 bits per heavy atom. The maximum absolute atomic E-state index is 13.3. The smallest absolute Gasteiger partial charge is 0.393 e. The van der Waals surface area contributed by atoms with E-state index in [-0.39, 0.29) is 39.6 Å².